The Morgan fingerprint density at radius 1 is 1.24 bits per heavy atom. The summed E-state index contributed by atoms with van der Waals surface area (Å²) in [4.78, 5) is 2.30. The largest absolute Gasteiger partial charge is 0.396 e. The van der Waals surface area contributed by atoms with Crippen molar-refractivity contribution in [3.05, 3.63) is 29.3 Å². The average molecular weight is 241 g/mol. The smallest absolute Gasteiger partial charge is 0.181 e. The minimum Gasteiger partial charge on any atom is -0.396 e. The number of nitrogens with zero attached hydrogens (tertiary/aromatic N) is 1. The highest BCUT2D eigenvalue weighted by molar-refractivity contribution is 5.43. The van der Waals surface area contributed by atoms with Gasteiger partial charge in [0.1, 0.15) is 0 Å². The number of nitrogens with one attached hydrogen (secondary N) is 1. The molecule has 0 aliphatic carbocycles. The van der Waals surface area contributed by atoms with Crippen LogP contribution < -0.4 is 11.1 Å². The molecule has 0 spiro atoms. The van der Waals surface area contributed by atoms with Crippen molar-refractivity contribution in [2.75, 3.05) is 38.5 Å². The van der Waals surface area contributed by atoms with E-state index in [1.807, 2.05) is 0 Å². The maximum absolute atomic E-state index is 13.1. The SMILES string of the molecule is Nc1cc(CCN2CCNCC2)cc(F)c1F. The molecule has 5 heteroatoms. The number of hydrogen-bond acceptors (Lipinski definition) is 3. The van der Waals surface area contributed by atoms with Gasteiger partial charge >= 0.3 is 0 Å². The van der Waals surface area contributed by atoms with Crippen molar-refractivity contribution in [3.8, 4) is 0 Å². The van der Waals surface area contributed by atoms with Gasteiger partial charge in [-0.15, -0.1) is 0 Å². The zero-order chi connectivity index (χ0) is 12.3. The molecule has 1 aliphatic rings. The second-order valence-corrected chi connectivity index (χ2v) is 4.32. The predicted octanol–water partition coefficient (Wildman–Crippen LogP) is 0.995. The molecule has 1 aromatic rings. The number of halogens is 2. The molecule has 3 N–H and O–H groups in total. The molecular weight excluding hydrogens is 224 g/mol. The Hall–Kier alpha value is -1.20. The quantitative estimate of drug-likeness (QED) is 0.776. The lowest BCUT2D eigenvalue weighted by Crippen LogP contribution is -2.44. The number of piperazine rings is 1. The molecular formula is C12H17F2N3. The Morgan fingerprint density at radius 2 is 1.94 bits per heavy atom. The Morgan fingerprint density at radius 3 is 2.59 bits per heavy atom. The van der Waals surface area contributed by atoms with Crippen LogP contribution in [0.5, 0.6) is 0 Å². The van der Waals surface area contributed by atoms with Crippen LogP contribution in [-0.4, -0.2) is 37.6 Å². The van der Waals surface area contributed by atoms with Gasteiger partial charge in [-0.1, -0.05) is 0 Å². The molecule has 0 aromatic heterocycles. The minimum absolute atomic E-state index is 0.111. The molecule has 0 atom stereocenters. The molecule has 1 heterocycles. The van der Waals surface area contributed by atoms with E-state index in [1.54, 1.807) is 0 Å². The predicted molar refractivity (Wildman–Crippen MR) is 63.8 cm³/mol. The van der Waals surface area contributed by atoms with E-state index in [4.69, 9.17) is 5.73 Å². The number of anilines is 1. The van der Waals surface area contributed by atoms with Crippen LogP contribution in [0.4, 0.5) is 14.5 Å². The second-order valence-electron chi connectivity index (χ2n) is 4.32. The van der Waals surface area contributed by atoms with Crippen LogP contribution in [0.15, 0.2) is 12.1 Å². The van der Waals surface area contributed by atoms with E-state index in [-0.39, 0.29) is 5.69 Å². The summed E-state index contributed by atoms with van der Waals surface area (Å²) >= 11 is 0. The van der Waals surface area contributed by atoms with Gasteiger partial charge in [0.2, 0.25) is 0 Å². The van der Waals surface area contributed by atoms with Gasteiger partial charge in [0.25, 0.3) is 0 Å². The van der Waals surface area contributed by atoms with Crippen LogP contribution in [0, 0.1) is 11.6 Å². The molecule has 0 bridgehead atoms. The first-order valence-electron chi connectivity index (χ1n) is 5.83. The fraction of sp³-hybridized carbons (Fsp3) is 0.500. The number of nitrogens with two attached hydrogens (primary N) is 1. The maximum Gasteiger partial charge on any atom is 0.181 e. The Labute approximate surface area is 99.6 Å². The average Bonchev–Trinajstić information content (AvgIpc) is 2.34. The lowest BCUT2D eigenvalue weighted by Gasteiger charge is -2.27. The molecule has 1 saturated heterocycles. The fourth-order valence-corrected chi connectivity index (χ4v) is 2.04. The van der Waals surface area contributed by atoms with E-state index in [0.717, 1.165) is 38.3 Å². The monoisotopic (exact) mass is 241 g/mol. The van der Waals surface area contributed by atoms with E-state index < -0.39 is 11.6 Å². The van der Waals surface area contributed by atoms with Crippen molar-refractivity contribution in [3.63, 3.8) is 0 Å². The molecule has 1 aliphatic heterocycles. The normalized spacial score (nSPS) is 17.3. The van der Waals surface area contributed by atoms with E-state index in [0.29, 0.717) is 6.42 Å². The lowest BCUT2D eigenvalue weighted by atomic mass is 10.1. The summed E-state index contributed by atoms with van der Waals surface area (Å²) in [5, 5.41) is 3.27. The van der Waals surface area contributed by atoms with Crippen molar-refractivity contribution in [1.82, 2.24) is 10.2 Å². The number of nitrogen functional groups attached to an aromatic ring is 1. The first kappa shape index (κ1) is 12.3. The zero-order valence-corrected chi connectivity index (χ0v) is 9.68. The third-order valence-corrected chi connectivity index (χ3v) is 3.04. The van der Waals surface area contributed by atoms with Crippen molar-refractivity contribution >= 4 is 5.69 Å². The molecule has 3 nitrogen and oxygen atoms in total. The van der Waals surface area contributed by atoms with Crippen LogP contribution >= 0.6 is 0 Å². The van der Waals surface area contributed by atoms with Crippen LogP contribution in [0.1, 0.15) is 5.56 Å². The van der Waals surface area contributed by atoms with Gasteiger partial charge in [-0.25, -0.2) is 8.78 Å². The van der Waals surface area contributed by atoms with Crippen molar-refractivity contribution in [1.29, 1.82) is 0 Å². The summed E-state index contributed by atoms with van der Waals surface area (Å²) in [5.41, 5.74) is 6.03. The molecule has 1 aromatic carbocycles. The van der Waals surface area contributed by atoms with Gasteiger partial charge in [-0.3, -0.25) is 0 Å². The molecule has 1 fully saturated rings. The molecule has 0 unspecified atom stereocenters. The van der Waals surface area contributed by atoms with E-state index >= 15 is 0 Å². The minimum atomic E-state index is -0.948. The van der Waals surface area contributed by atoms with E-state index in [1.165, 1.54) is 12.1 Å². The van der Waals surface area contributed by atoms with Gasteiger partial charge in [0, 0.05) is 32.7 Å². The molecule has 0 saturated carbocycles. The highest BCUT2D eigenvalue weighted by Gasteiger charge is 2.11. The summed E-state index contributed by atoms with van der Waals surface area (Å²) in [7, 11) is 0. The zero-order valence-electron chi connectivity index (χ0n) is 9.68. The maximum atomic E-state index is 13.1. The molecule has 2 rings (SSSR count). The van der Waals surface area contributed by atoms with E-state index in [9.17, 15) is 8.78 Å². The topological polar surface area (TPSA) is 41.3 Å². The summed E-state index contributed by atoms with van der Waals surface area (Å²) in [6.45, 7) is 4.82. The highest BCUT2D eigenvalue weighted by atomic mass is 19.2. The summed E-state index contributed by atoms with van der Waals surface area (Å²) < 4.78 is 26.1. The Balaban J connectivity index is 1.94. The first-order chi connectivity index (χ1) is 8.16. The Bertz CT molecular complexity index is 366. The van der Waals surface area contributed by atoms with Gasteiger partial charge < -0.3 is 16.0 Å². The van der Waals surface area contributed by atoms with Crippen molar-refractivity contribution < 1.29 is 8.78 Å². The fourth-order valence-electron chi connectivity index (χ4n) is 2.04. The molecule has 0 radical (unpaired) electrons. The van der Waals surface area contributed by atoms with Gasteiger partial charge in [-0.2, -0.15) is 0 Å². The summed E-state index contributed by atoms with van der Waals surface area (Å²) in [5.74, 6) is -1.81. The van der Waals surface area contributed by atoms with Gasteiger partial charge in [0.15, 0.2) is 11.6 Å². The number of benzene rings is 1. The van der Waals surface area contributed by atoms with Crippen LogP contribution in [0.25, 0.3) is 0 Å². The van der Waals surface area contributed by atoms with Gasteiger partial charge in [0.05, 0.1) is 5.69 Å². The van der Waals surface area contributed by atoms with Crippen LogP contribution in [0.3, 0.4) is 0 Å². The van der Waals surface area contributed by atoms with Crippen LogP contribution in [-0.2, 0) is 6.42 Å². The third-order valence-electron chi connectivity index (χ3n) is 3.04. The van der Waals surface area contributed by atoms with Crippen molar-refractivity contribution in [2.24, 2.45) is 0 Å². The Kier molecular flexibility index (Phi) is 3.91. The highest BCUT2D eigenvalue weighted by Crippen LogP contribution is 2.17. The number of rotatable bonds is 3. The second kappa shape index (κ2) is 5.42. The summed E-state index contributed by atoms with van der Waals surface area (Å²) in [6.07, 6.45) is 0.696. The molecule has 0 amide bonds. The van der Waals surface area contributed by atoms with Crippen LogP contribution in [0.2, 0.25) is 0 Å². The molecule has 17 heavy (non-hydrogen) atoms. The number of hydrogen-bond donors (Lipinski definition) is 2. The van der Waals surface area contributed by atoms with Gasteiger partial charge in [-0.05, 0) is 24.1 Å². The van der Waals surface area contributed by atoms with Crippen molar-refractivity contribution in [2.45, 2.75) is 6.42 Å². The summed E-state index contributed by atoms with van der Waals surface area (Å²) in [6, 6.07) is 2.74. The first-order valence-corrected chi connectivity index (χ1v) is 5.83. The van der Waals surface area contributed by atoms with E-state index in [2.05, 4.69) is 10.2 Å². The lowest BCUT2D eigenvalue weighted by molar-refractivity contribution is 0.244. The standard InChI is InChI=1S/C12H17F2N3/c13-10-7-9(8-11(15)12(10)14)1-4-17-5-2-16-3-6-17/h7-8,16H,1-6,15H2. The molecule has 94 valence electrons. The third kappa shape index (κ3) is 3.14.